The summed E-state index contributed by atoms with van der Waals surface area (Å²) in [4.78, 5) is 0. The van der Waals surface area contributed by atoms with E-state index >= 15 is 0 Å². The molecule has 0 fully saturated rings. The molecule has 0 heterocycles. The Labute approximate surface area is 94.5 Å². The maximum absolute atomic E-state index is 12.5. The lowest BCUT2D eigenvalue weighted by Crippen LogP contribution is -2.05. The van der Waals surface area contributed by atoms with Crippen LogP contribution in [0.3, 0.4) is 0 Å². The van der Waals surface area contributed by atoms with E-state index in [1.165, 1.54) is 6.07 Å². The molecule has 5 heteroatoms. The smallest absolute Gasteiger partial charge is 0.416 e. The number of rotatable bonds is 3. The van der Waals surface area contributed by atoms with E-state index in [1.54, 1.807) is 0 Å². The zero-order valence-electron chi connectivity index (χ0n) is 9.43. The van der Waals surface area contributed by atoms with Gasteiger partial charge in [0.15, 0.2) is 0 Å². The van der Waals surface area contributed by atoms with Crippen LogP contribution in [0.25, 0.3) is 0 Å². The van der Waals surface area contributed by atoms with Crippen molar-refractivity contribution in [3.63, 3.8) is 0 Å². The molecule has 0 spiro atoms. The van der Waals surface area contributed by atoms with Crippen LogP contribution in [0.1, 0.15) is 18.1 Å². The summed E-state index contributed by atoms with van der Waals surface area (Å²) in [5.41, 5.74) is 0.153. The third-order valence-corrected chi connectivity index (χ3v) is 2.62. The van der Waals surface area contributed by atoms with E-state index in [4.69, 9.17) is 4.52 Å². The lowest BCUT2D eigenvalue weighted by atomic mass is 10.1. The summed E-state index contributed by atoms with van der Waals surface area (Å²) in [6, 6.07) is 3.66. The van der Waals surface area contributed by atoms with Crippen molar-refractivity contribution in [2.24, 2.45) is 0 Å². The minimum atomic E-state index is -4.31. The molecule has 0 aliphatic heterocycles. The van der Waals surface area contributed by atoms with Crippen LogP contribution in [0.4, 0.5) is 13.2 Å². The second kappa shape index (κ2) is 5.05. The average Bonchev–Trinajstić information content (AvgIpc) is 2.15. The molecule has 1 rings (SSSR count). The molecule has 0 saturated heterocycles. The Balaban J connectivity index is 3.11. The van der Waals surface area contributed by atoms with Crippen molar-refractivity contribution in [1.29, 1.82) is 0 Å². The van der Waals surface area contributed by atoms with Crippen LogP contribution in [-0.4, -0.2) is 13.3 Å². The molecule has 0 aliphatic rings. The number of hydrogen-bond acceptors (Lipinski definition) is 1. The quantitative estimate of drug-likeness (QED) is 0.726. The lowest BCUT2D eigenvalue weighted by Gasteiger charge is -2.15. The van der Waals surface area contributed by atoms with Crippen LogP contribution < -0.4 is 4.52 Å². The topological polar surface area (TPSA) is 9.23 Å². The van der Waals surface area contributed by atoms with E-state index in [0.717, 1.165) is 17.7 Å². The molecule has 1 aromatic carbocycles. The van der Waals surface area contributed by atoms with E-state index in [9.17, 15) is 13.2 Å². The first kappa shape index (κ1) is 13.3. The first-order valence-corrected chi connectivity index (χ1v) is 7.05. The summed E-state index contributed by atoms with van der Waals surface area (Å²) < 4.78 is 42.9. The molecular formula is C11H14F3OP. The largest absolute Gasteiger partial charge is 0.474 e. The fraction of sp³-hybridized carbons (Fsp3) is 0.455. The highest BCUT2D eigenvalue weighted by atomic mass is 31.1. The van der Waals surface area contributed by atoms with Gasteiger partial charge in [-0.15, -0.1) is 0 Å². The summed E-state index contributed by atoms with van der Waals surface area (Å²) in [6.45, 7) is 5.60. The van der Waals surface area contributed by atoms with E-state index in [1.807, 2.05) is 20.3 Å². The van der Waals surface area contributed by atoms with Crippen molar-refractivity contribution in [2.45, 2.75) is 19.5 Å². The maximum Gasteiger partial charge on any atom is 0.416 e. The Morgan fingerprint density at radius 2 is 1.88 bits per heavy atom. The zero-order valence-corrected chi connectivity index (χ0v) is 10.3. The van der Waals surface area contributed by atoms with Crippen molar-refractivity contribution < 1.29 is 17.7 Å². The Morgan fingerprint density at radius 1 is 1.25 bits per heavy atom. The predicted octanol–water partition coefficient (Wildman–Crippen LogP) is 4.30. The minimum absolute atomic E-state index is 0.355. The molecule has 1 nitrogen and oxygen atoms in total. The summed E-state index contributed by atoms with van der Waals surface area (Å²) in [5, 5.41) is 0. The van der Waals surface area contributed by atoms with E-state index in [0.29, 0.717) is 12.2 Å². The molecule has 0 aliphatic carbocycles. The van der Waals surface area contributed by atoms with Crippen LogP contribution in [0.15, 0.2) is 18.2 Å². The molecule has 0 saturated carbocycles. The standard InChI is InChI=1S/C11H14F3OP/c1-4-8-5-6-9(11(12,13)14)7-10(8)15-16(2)3/h5-7H,4H2,1-3H3. The Morgan fingerprint density at radius 3 is 2.31 bits per heavy atom. The third kappa shape index (κ3) is 3.38. The van der Waals surface area contributed by atoms with Gasteiger partial charge >= 0.3 is 6.18 Å². The second-order valence-corrected chi connectivity index (χ2v) is 5.38. The van der Waals surface area contributed by atoms with Crippen molar-refractivity contribution in [1.82, 2.24) is 0 Å². The second-order valence-electron chi connectivity index (χ2n) is 3.58. The summed E-state index contributed by atoms with van der Waals surface area (Å²) >= 11 is 0. The van der Waals surface area contributed by atoms with Gasteiger partial charge in [-0.25, -0.2) is 0 Å². The molecule has 0 radical (unpaired) electrons. The van der Waals surface area contributed by atoms with Gasteiger partial charge in [0.25, 0.3) is 0 Å². The van der Waals surface area contributed by atoms with Crippen LogP contribution >= 0.6 is 8.15 Å². The fourth-order valence-corrected chi connectivity index (χ4v) is 1.87. The van der Waals surface area contributed by atoms with Gasteiger partial charge < -0.3 is 4.52 Å². The predicted molar refractivity (Wildman–Crippen MR) is 60.2 cm³/mol. The van der Waals surface area contributed by atoms with Crippen molar-refractivity contribution >= 4 is 8.15 Å². The maximum atomic E-state index is 12.5. The number of hydrogen-bond donors (Lipinski definition) is 0. The van der Waals surface area contributed by atoms with E-state index < -0.39 is 19.9 Å². The van der Waals surface area contributed by atoms with Gasteiger partial charge in [-0.1, -0.05) is 13.0 Å². The van der Waals surface area contributed by atoms with Crippen molar-refractivity contribution in [3.8, 4) is 5.75 Å². The third-order valence-electron chi connectivity index (χ3n) is 2.06. The zero-order chi connectivity index (χ0) is 12.3. The Hall–Kier alpha value is -0.760. The van der Waals surface area contributed by atoms with Crippen LogP contribution in [-0.2, 0) is 12.6 Å². The molecule has 16 heavy (non-hydrogen) atoms. The van der Waals surface area contributed by atoms with Gasteiger partial charge in [0.2, 0.25) is 0 Å². The molecule has 0 bridgehead atoms. The van der Waals surface area contributed by atoms with Gasteiger partial charge in [-0.3, -0.25) is 0 Å². The monoisotopic (exact) mass is 250 g/mol. The number of benzene rings is 1. The molecular weight excluding hydrogens is 236 g/mol. The number of halogens is 3. The number of alkyl halides is 3. The molecule has 90 valence electrons. The van der Waals surface area contributed by atoms with Crippen LogP contribution in [0, 0.1) is 0 Å². The molecule has 0 atom stereocenters. The average molecular weight is 250 g/mol. The van der Waals surface area contributed by atoms with Gasteiger partial charge in [0.1, 0.15) is 5.75 Å². The van der Waals surface area contributed by atoms with Crippen molar-refractivity contribution in [2.75, 3.05) is 13.3 Å². The Kier molecular flexibility index (Phi) is 4.20. The van der Waals surface area contributed by atoms with Gasteiger partial charge in [0.05, 0.1) is 13.7 Å². The minimum Gasteiger partial charge on any atom is -0.474 e. The normalized spacial score (nSPS) is 11.9. The number of aryl methyl sites for hydroxylation is 1. The molecule has 0 amide bonds. The van der Waals surface area contributed by atoms with E-state index in [2.05, 4.69) is 0 Å². The fourth-order valence-electron chi connectivity index (χ4n) is 1.30. The summed E-state index contributed by atoms with van der Waals surface area (Å²) in [5.74, 6) is 0.355. The van der Waals surface area contributed by atoms with Crippen LogP contribution in [0.2, 0.25) is 0 Å². The molecule has 0 aromatic heterocycles. The van der Waals surface area contributed by atoms with E-state index in [-0.39, 0.29) is 0 Å². The molecule has 1 aromatic rings. The molecule has 0 N–H and O–H groups in total. The first-order valence-electron chi connectivity index (χ1n) is 4.90. The summed E-state index contributed by atoms with van der Waals surface area (Å²) in [6.07, 6.45) is -3.65. The van der Waals surface area contributed by atoms with Gasteiger partial charge in [0, 0.05) is 0 Å². The highest BCUT2D eigenvalue weighted by Crippen LogP contribution is 2.37. The first-order chi connectivity index (χ1) is 7.34. The highest BCUT2D eigenvalue weighted by Gasteiger charge is 2.31. The van der Waals surface area contributed by atoms with Crippen LogP contribution in [0.5, 0.6) is 5.75 Å². The van der Waals surface area contributed by atoms with Crippen molar-refractivity contribution in [3.05, 3.63) is 29.3 Å². The van der Waals surface area contributed by atoms with Gasteiger partial charge in [-0.2, -0.15) is 13.2 Å². The lowest BCUT2D eigenvalue weighted by molar-refractivity contribution is -0.137. The highest BCUT2D eigenvalue weighted by molar-refractivity contribution is 7.51. The SMILES string of the molecule is CCc1ccc(C(F)(F)F)cc1OP(C)C. The summed E-state index contributed by atoms with van der Waals surface area (Å²) in [7, 11) is -0.714. The molecule has 0 unspecified atom stereocenters. The van der Waals surface area contributed by atoms with Gasteiger partial charge in [-0.05, 0) is 37.4 Å². The Bertz CT molecular complexity index is 361.